The van der Waals surface area contributed by atoms with Gasteiger partial charge in [0.2, 0.25) is 0 Å². The van der Waals surface area contributed by atoms with Crippen LogP contribution in [-0.2, 0) is 0 Å². The first-order chi connectivity index (χ1) is 9.24. The number of hydrogen-bond acceptors (Lipinski definition) is 1. The summed E-state index contributed by atoms with van der Waals surface area (Å²) in [5.74, 6) is -0.757. The zero-order valence-corrected chi connectivity index (χ0v) is 9.98. The predicted octanol–water partition coefficient (Wildman–Crippen LogP) is 3.56. The van der Waals surface area contributed by atoms with Gasteiger partial charge in [-0.25, -0.2) is 4.39 Å². The molecule has 4 heteroatoms. The molecule has 3 rings (SSSR count). The first kappa shape index (κ1) is 11.5. The summed E-state index contributed by atoms with van der Waals surface area (Å²) in [7, 11) is 0. The minimum absolute atomic E-state index is 0.295. The molecule has 0 fully saturated rings. The highest BCUT2D eigenvalue weighted by molar-refractivity contribution is 6.08. The molecule has 0 atom stereocenters. The number of H-pyrrole nitrogens is 1. The van der Waals surface area contributed by atoms with Crippen LogP contribution < -0.4 is 5.32 Å². The second-order valence-electron chi connectivity index (χ2n) is 4.21. The SMILES string of the molecule is O=C(Nc1cccc2cc[nH]c12)c1cccc(F)c1. The molecule has 2 N–H and O–H groups in total. The third-order valence-corrected chi connectivity index (χ3v) is 2.92. The number of aromatic nitrogens is 1. The second-order valence-corrected chi connectivity index (χ2v) is 4.21. The fraction of sp³-hybridized carbons (Fsp3) is 0. The number of anilines is 1. The molecule has 2 aromatic carbocycles. The molecule has 19 heavy (non-hydrogen) atoms. The van der Waals surface area contributed by atoms with Crippen LogP contribution in [0.4, 0.5) is 10.1 Å². The van der Waals surface area contributed by atoms with E-state index in [0.717, 1.165) is 10.9 Å². The summed E-state index contributed by atoms with van der Waals surface area (Å²) in [6.45, 7) is 0. The van der Waals surface area contributed by atoms with Gasteiger partial charge in [-0.3, -0.25) is 4.79 Å². The minimum atomic E-state index is -0.425. The Morgan fingerprint density at radius 2 is 1.95 bits per heavy atom. The van der Waals surface area contributed by atoms with Gasteiger partial charge in [0.25, 0.3) is 5.91 Å². The lowest BCUT2D eigenvalue weighted by atomic mass is 10.2. The molecule has 1 amide bonds. The monoisotopic (exact) mass is 254 g/mol. The molecule has 0 radical (unpaired) electrons. The van der Waals surface area contributed by atoms with E-state index in [-0.39, 0.29) is 5.91 Å². The summed E-state index contributed by atoms with van der Waals surface area (Å²) >= 11 is 0. The van der Waals surface area contributed by atoms with Crippen LogP contribution in [0.5, 0.6) is 0 Å². The molecule has 0 aliphatic rings. The maximum atomic E-state index is 13.1. The minimum Gasteiger partial charge on any atom is -0.359 e. The molecule has 0 bridgehead atoms. The number of hydrogen-bond donors (Lipinski definition) is 2. The van der Waals surface area contributed by atoms with Gasteiger partial charge in [-0.2, -0.15) is 0 Å². The van der Waals surface area contributed by atoms with Crippen LogP contribution in [0.15, 0.2) is 54.7 Å². The molecule has 1 heterocycles. The number of nitrogens with one attached hydrogen (secondary N) is 2. The molecule has 0 saturated carbocycles. The maximum absolute atomic E-state index is 13.1. The average Bonchev–Trinajstić information content (AvgIpc) is 2.88. The van der Waals surface area contributed by atoms with Crippen LogP contribution in [0.3, 0.4) is 0 Å². The largest absolute Gasteiger partial charge is 0.359 e. The standard InChI is InChI=1S/C15H11FN2O/c16-12-5-1-4-11(9-12)15(19)18-13-6-2-3-10-7-8-17-14(10)13/h1-9,17H,(H,18,19). The highest BCUT2D eigenvalue weighted by atomic mass is 19.1. The molecular formula is C15H11FN2O. The summed E-state index contributed by atoms with van der Waals surface area (Å²) in [5.41, 5.74) is 1.83. The zero-order chi connectivity index (χ0) is 13.2. The van der Waals surface area contributed by atoms with Gasteiger partial charge in [0.15, 0.2) is 0 Å². The molecule has 94 valence electrons. The van der Waals surface area contributed by atoms with Crippen LogP contribution in [-0.4, -0.2) is 10.9 Å². The van der Waals surface area contributed by atoms with Gasteiger partial charge in [0, 0.05) is 17.1 Å². The van der Waals surface area contributed by atoms with Gasteiger partial charge < -0.3 is 10.3 Å². The van der Waals surface area contributed by atoms with Gasteiger partial charge in [-0.1, -0.05) is 18.2 Å². The van der Waals surface area contributed by atoms with Gasteiger partial charge in [-0.05, 0) is 30.3 Å². The highest BCUT2D eigenvalue weighted by Gasteiger charge is 2.09. The Hall–Kier alpha value is -2.62. The number of carbonyl (C=O) groups is 1. The highest BCUT2D eigenvalue weighted by Crippen LogP contribution is 2.22. The number of carbonyl (C=O) groups excluding carboxylic acids is 1. The van der Waals surface area contributed by atoms with Crippen molar-refractivity contribution < 1.29 is 9.18 Å². The molecular weight excluding hydrogens is 243 g/mol. The Kier molecular flexibility index (Phi) is 2.76. The van der Waals surface area contributed by atoms with Crippen LogP contribution in [0.2, 0.25) is 0 Å². The van der Waals surface area contributed by atoms with Crippen molar-refractivity contribution >= 4 is 22.5 Å². The van der Waals surface area contributed by atoms with Crippen LogP contribution in [0.25, 0.3) is 10.9 Å². The summed E-state index contributed by atoms with van der Waals surface area (Å²) in [5, 5.41) is 3.79. The molecule has 0 aliphatic carbocycles. The number of rotatable bonds is 2. The first-order valence-electron chi connectivity index (χ1n) is 5.87. The molecule has 3 nitrogen and oxygen atoms in total. The quantitative estimate of drug-likeness (QED) is 0.721. The van der Waals surface area contributed by atoms with E-state index in [2.05, 4.69) is 10.3 Å². The van der Waals surface area contributed by atoms with Gasteiger partial charge >= 0.3 is 0 Å². The average molecular weight is 254 g/mol. The van der Waals surface area contributed by atoms with Gasteiger partial charge in [0.05, 0.1) is 11.2 Å². The number of para-hydroxylation sites is 1. The Labute approximate surface area is 109 Å². The van der Waals surface area contributed by atoms with Crippen LogP contribution in [0, 0.1) is 5.82 Å². The number of halogens is 1. The number of amides is 1. The number of benzene rings is 2. The van der Waals surface area contributed by atoms with Crippen molar-refractivity contribution in [1.29, 1.82) is 0 Å². The van der Waals surface area contributed by atoms with E-state index in [9.17, 15) is 9.18 Å². The van der Waals surface area contributed by atoms with E-state index in [1.54, 1.807) is 12.1 Å². The fourth-order valence-electron chi connectivity index (χ4n) is 2.01. The molecule has 0 spiro atoms. The zero-order valence-electron chi connectivity index (χ0n) is 9.98. The van der Waals surface area contributed by atoms with E-state index >= 15 is 0 Å². The predicted molar refractivity (Wildman–Crippen MR) is 72.7 cm³/mol. The van der Waals surface area contributed by atoms with E-state index in [4.69, 9.17) is 0 Å². The topological polar surface area (TPSA) is 44.9 Å². The Morgan fingerprint density at radius 1 is 1.11 bits per heavy atom. The van der Waals surface area contributed by atoms with Gasteiger partial charge in [0.1, 0.15) is 5.82 Å². The lowest BCUT2D eigenvalue weighted by Gasteiger charge is -2.06. The Morgan fingerprint density at radius 3 is 2.79 bits per heavy atom. The van der Waals surface area contributed by atoms with Gasteiger partial charge in [-0.15, -0.1) is 0 Å². The Balaban J connectivity index is 1.93. The van der Waals surface area contributed by atoms with Crippen molar-refractivity contribution in [2.24, 2.45) is 0 Å². The third kappa shape index (κ3) is 2.20. The van der Waals surface area contributed by atoms with Crippen molar-refractivity contribution in [3.63, 3.8) is 0 Å². The first-order valence-corrected chi connectivity index (χ1v) is 5.87. The smallest absolute Gasteiger partial charge is 0.255 e. The van der Waals surface area contributed by atoms with Crippen molar-refractivity contribution in [2.75, 3.05) is 5.32 Å². The number of aromatic amines is 1. The molecule has 1 aromatic heterocycles. The van der Waals surface area contributed by atoms with Crippen LogP contribution >= 0.6 is 0 Å². The molecule has 0 unspecified atom stereocenters. The van der Waals surface area contributed by atoms with Crippen molar-refractivity contribution in [1.82, 2.24) is 4.98 Å². The summed E-state index contributed by atoms with van der Waals surface area (Å²) in [6, 6.07) is 13.1. The van der Waals surface area contributed by atoms with E-state index in [1.165, 1.54) is 18.2 Å². The molecule has 3 aromatic rings. The fourth-order valence-corrected chi connectivity index (χ4v) is 2.01. The van der Waals surface area contributed by atoms with Crippen molar-refractivity contribution in [3.05, 3.63) is 66.1 Å². The summed E-state index contributed by atoms with van der Waals surface area (Å²) in [4.78, 5) is 15.1. The Bertz CT molecular complexity index is 748. The van der Waals surface area contributed by atoms with E-state index in [0.29, 0.717) is 11.3 Å². The summed E-state index contributed by atoms with van der Waals surface area (Å²) < 4.78 is 13.1. The van der Waals surface area contributed by atoms with E-state index < -0.39 is 5.82 Å². The maximum Gasteiger partial charge on any atom is 0.255 e. The third-order valence-electron chi connectivity index (χ3n) is 2.92. The lowest BCUT2D eigenvalue weighted by molar-refractivity contribution is 0.102. The normalized spacial score (nSPS) is 10.6. The van der Waals surface area contributed by atoms with E-state index in [1.807, 2.05) is 24.4 Å². The second kappa shape index (κ2) is 4.57. The number of fused-ring (bicyclic) bond motifs is 1. The van der Waals surface area contributed by atoms with Crippen LogP contribution in [0.1, 0.15) is 10.4 Å². The molecule has 0 aliphatic heterocycles. The molecule has 0 saturated heterocycles. The lowest BCUT2D eigenvalue weighted by Crippen LogP contribution is -2.12. The summed E-state index contributed by atoms with van der Waals surface area (Å²) in [6.07, 6.45) is 1.81. The van der Waals surface area contributed by atoms with Crippen molar-refractivity contribution in [2.45, 2.75) is 0 Å². The van der Waals surface area contributed by atoms with Crippen molar-refractivity contribution in [3.8, 4) is 0 Å².